The van der Waals surface area contributed by atoms with Crippen molar-refractivity contribution in [3.8, 4) is 0 Å². The molecule has 0 bridgehead atoms. The quantitative estimate of drug-likeness (QED) is 0.804. The SMILES string of the molecule is Cc1ccc(C(C)(C)C[C@@H](C)NCc2ccc(Cl)cc2)o1. The lowest BCUT2D eigenvalue weighted by atomic mass is 9.83. The standard InChI is InChI=1S/C18H24ClNO/c1-13(20-12-15-6-8-16(19)9-7-15)11-18(3,4)17-10-5-14(2)21-17/h5-10,13,20H,11-12H2,1-4H3/t13-/m1/s1. The summed E-state index contributed by atoms with van der Waals surface area (Å²) < 4.78 is 5.78. The van der Waals surface area contributed by atoms with Crippen LogP contribution in [0, 0.1) is 6.92 Å². The van der Waals surface area contributed by atoms with Crippen LogP contribution in [0.5, 0.6) is 0 Å². The Morgan fingerprint density at radius 2 is 1.81 bits per heavy atom. The minimum Gasteiger partial charge on any atom is -0.466 e. The van der Waals surface area contributed by atoms with Crippen LogP contribution in [0.4, 0.5) is 0 Å². The van der Waals surface area contributed by atoms with Gasteiger partial charge in [-0.05, 0) is 50.1 Å². The molecule has 2 aromatic rings. The maximum Gasteiger partial charge on any atom is 0.109 e. The Morgan fingerprint density at radius 3 is 2.38 bits per heavy atom. The second kappa shape index (κ2) is 6.67. The zero-order chi connectivity index (χ0) is 15.5. The Hall–Kier alpha value is -1.25. The number of rotatable bonds is 6. The number of hydrogen-bond acceptors (Lipinski definition) is 2. The average Bonchev–Trinajstić information content (AvgIpc) is 2.85. The number of nitrogens with one attached hydrogen (secondary N) is 1. The fourth-order valence-electron chi connectivity index (χ4n) is 2.63. The molecule has 114 valence electrons. The molecular weight excluding hydrogens is 282 g/mol. The smallest absolute Gasteiger partial charge is 0.109 e. The first-order chi connectivity index (χ1) is 9.87. The van der Waals surface area contributed by atoms with E-state index in [0.29, 0.717) is 6.04 Å². The lowest BCUT2D eigenvalue weighted by Crippen LogP contribution is -2.32. The lowest BCUT2D eigenvalue weighted by Gasteiger charge is -2.26. The summed E-state index contributed by atoms with van der Waals surface area (Å²) in [5.41, 5.74) is 1.28. The van der Waals surface area contributed by atoms with E-state index in [4.69, 9.17) is 16.0 Å². The van der Waals surface area contributed by atoms with Crippen LogP contribution in [-0.4, -0.2) is 6.04 Å². The van der Waals surface area contributed by atoms with Crippen molar-refractivity contribution in [2.45, 2.75) is 52.1 Å². The number of furan rings is 1. The second-order valence-electron chi connectivity index (χ2n) is 6.41. The van der Waals surface area contributed by atoms with Crippen LogP contribution in [0.1, 0.15) is 44.3 Å². The molecule has 0 aliphatic heterocycles. The number of hydrogen-bond donors (Lipinski definition) is 1. The van der Waals surface area contributed by atoms with E-state index >= 15 is 0 Å². The van der Waals surface area contributed by atoms with Gasteiger partial charge in [-0.1, -0.05) is 37.6 Å². The zero-order valence-electron chi connectivity index (χ0n) is 13.2. The summed E-state index contributed by atoms with van der Waals surface area (Å²) in [6.45, 7) is 9.51. The van der Waals surface area contributed by atoms with E-state index in [9.17, 15) is 0 Å². The minimum absolute atomic E-state index is 0.0284. The molecule has 0 radical (unpaired) electrons. The third kappa shape index (κ3) is 4.62. The third-order valence-electron chi connectivity index (χ3n) is 3.79. The van der Waals surface area contributed by atoms with Crippen molar-refractivity contribution in [3.63, 3.8) is 0 Å². The molecule has 0 unspecified atom stereocenters. The zero-order valence-corrected chi connectivity index (χ0v) is 14.0. The molecule has 0 saturated heterocycles. The molecule has 0 saturated carbocycles. The molecule has 1 atom stereocenters. The van der Waals surface area contributed by atoms with Crippen molar-refractivity contribution in [1.29, 1.82) is 0 Å². The van der Waals surface area contributed by atoms with Crippen molar-refractivity contribution < 1.29 is 4.42 Å². The van der Waals surface area contributed by atoms with Gasteiger partial charge in [-0.3, -0.25) is 0 Å². The summed E-state index contributed by atoms with van der Waals surface area (Å²) in [5, 5.41) is 4.35. The van der Waals surface area contributed by atoms with E-state index in [-0.39, 0.29) is 5.41 Å². The van der Waals surface area contributed by atoms with E-state index in [0.717, 1.165) is 29.5 Å². The van der Waals surface area contributed by atoms with Gasteiger partial charge in [0.15, 0.2) is 0 Å². The highest BCUT2D eigenvalue weighted by molar-refractivity contribution is 6.30. The van der Waals surface area contributed by atoms with E-state index < -0.39 is 0 Å². The second-order valence-corrected chi connectivity index (χ2v) is 6.84. The molecule has 21 heavy (non-hydrogen) atoms. The van der Waals surface area contributed by atoms with Gasteiger partial charge in [0.1, 0.15) is 11.5 Å². The molecule has 0 fully saturated rings. The Labute approximate surface area is 132 Å². The maximum absolute atomic E-state index is 5.90. The summed E-state index contributed by atoms with van der Waals surface area (Å²) >= 11 is 5.90. The van der Waals surface area contributed by atoms with E-state index in [1.807, 2.05) is 25.1 Å². The van der Waals surface area contributed by atoms with Crippen molar-refractivity contribution in [2.75, 3.05) is 0 Å². The molecule has 0 spiro atoms. The van der Waals surface area contributed by atoms with Crippen LogP contribution < -0.4 is 5.32 Å². The molecule has 2 rings (SSSR count). The van der Waals surface area contributed by atoms with Crippen molar-refractivity contribution in [3.05, 3.63) is 58.5 Å². The molecule has 1 aromatic heterocycles. The molecule has 2 nitrogen and oxygen atoms in total. The lowest BCUT2D eigenvalue weighted by molar-refractivity contribution is 0.319. The number of benzene rings is 1. The normalized spacial score (nSPS) is 13.4. The van der Waals surface area contributed by atoms with Gasteiger partial charge in [0, 0.05) is 23.0 Å². The summed E-state index contributed by atoms with van der Waals surface area (Å²) in [5.74, 6) is 2.03. The summed E-state index contributed by atoms with van der Waals surface area (Å²) in [6, 6.07) is 12.5. The molecule has 1 aromatic carbocycles. The van der Waals surface area contributed by atoms with Crippen LogP contribution in [0.3, 0.4) is 0 Å². The van der Waals surface area contributed by atoms with Crippen LogP contribution in [0.15, 0.2) is 40.8 Å². The molecular formula is C18H24ClNO. The largest absolute Gasteiger partial charge is 0.466 e. The van der Waals surface area contributed by atoms with Gasteiger partial charge in [-0.25, -0.2) is 0 Å². The minimum atomic E-state index is 0.0284. The molecule has 3 heteroatoms. The molecule has 0 aliphatic rings. The first-order valence-electron chi connectivity index (χ1n) is 7.41. The van der Waals surface area contributed by atoms with E-state index in [2.05, 4.69) is 44.3 Å². The third-order valence-corrected chi connectivity index (χ3v) is 4.04. The molecule has 1 heterocycles. The summed E-state index contributed by atoms with van der Waals surface area (Å²) in [7, 11) is 0. The first-order valence-corrected chi connectivity index (χ1v) is 7.79. The van der Waals surface area contributed by atoms with E-state index in [1.54, 1.807) is 0 Å². The highest BCUT2D eigenvalue weighted by Gasteiger charge is 2.26. The predicted octanol–water partition coefficient (Wildman–Crippen LogP) is 5.09. The molecule has 0 aliphatic carbocycles. The van der Waals surface area contributed by atoms with Gasteiger partial charge in [0.2, 0.25) is 0 Å². The predicted molar refractivity (Wildman–Crippen MR) is 88.8 cm³/mol. The summed E-state index contributed by atoms with van der Waals surface area (Å²) in [4.78, 5) is 0. The monoisotopic (exact) mass is 305 g/mol. The van der Waals surface area contributed by atoms with Crippen LogP contribution in [0.25, 0.3) is 0 Å². The average molecular weight is 306 g/mol. The van der Waals surface area contributed by atoms with Crippen molar-refractivity contribution in [1.82, 2.24) is 5.32 Å². The maximum atomic E-state index is 5.90. The van der Waals surface area contributed by atoms with Gasteiger partial charge >= 0.3 is 0 Å². The fourth-order valence-corrected chi connectivity index (χ4v) is 2.76. The van der Waals surface area contributed by atoms with Crippen molar-refractivity contribution in [2.24, 2.45) is 0 Å². The topological polar surface area (TPSA) is 25.2 Å². The van der Waals surface area contributed by atoms with Gasteiger partial charge in [-0.2, -0.15) is 0 Å². The van der Waals surface area contributed by atoms with Crippen LogP contribution in [0.2, 0.25) is 5.02 Å². The first kappa shape index (κ1) is 16.1. The van der Waals surface area contributed by atoms with Gasteiger partial charge < -0.3 is 9.73 Å². The molecule has 1 N–H and O–H groups in total. The van der Waals surface area contributed by atoms with Gasteiger partial charge in [-0.15, -0.1) is 0 Å². The Kier molecular flexibility index (Phi) is 5.13. The fraction of sp³-hybridized carbons (Fsp3) is 0.444. The number of halogens is 1. The summed E-state index contributed by atoms with van der Waals surface area (Å²) in [6.07, 6.45) is 1.02. The number of aryl methyl sites for hydroxylation is 1. The van der Waals surface area contributed by atoms with Crippen molar-refractivity contribution >= 4 is 11.6 Å². The van der Waals surface area contributed by atoms with Crippen LogP contribution >= 0.6 is 11.6 Å². The highest BCUT2D eigenvalue weighted by Crippen LogP contribution is 2.29. The Balaban J connectivity index is 1.89. The Bertz CT molecular complexity index is 571. The van der Waals surface area contributed by atoms with Gasteiger partial charge in [0.05, 0.1) is 0 Å². The molecule has 0 amide bonds. The highest BCUT2D eigenvalue weighted by atomic mass is 35.5. The van der Waals surface area contributed by atoms with E-state index in [1.165, 1.54) is 5.56 Å². The Morgan fingerprint density at radius 1 is 1.14 bits per heavy atom. The van der Waals surface area contributed by atoms with Gasteiger partial charge in [0.25, 0.3) is 0 Å². The van der Waals surface area contributed by atoms with Crippen LogP contribution in [-0.2, 0) is 12.0 Å².